The monoisotopic (exact) mass is 407 g/mol. The van der Waals surface area contributed by atoms with E-state index in [1.165, 1.54) is 6.07 Å². The maximum Gasteiger partial charge on any atom is 0.338 e. The van der Waals surface area contributed by atoms with Crippen molar-refractivity contribution >= 4 is 34.9 Å². The van der Waals surface area contributed by atoms with Crippen LogP contribution in [-0.2, 0) is 4.74 Å². The van der Waals surface area contributed by atoms with E-state index in [1.54, 1.807) is 73.7 Å². The molecule has 0 atom stereocenters. The first-order chi connectivity index (χ1) is 14.0. The molecule has 6 heteroatoms. The molecule has 3 rings (SSSR count). The average Bonchev–Trinajstić information content (AvgIpc) is 2.74. The Balaban J connectivity index is 1.86. The minimum Gasteiger partial charge on any atom is -0.462 e. The molecule has 0 saturated heterocycles. The van der Waals surface area contributed by atoms with Crippen LogP contribution < -0.4 is 5.32 Å². The Morgan fingerprint density at radius 2 is 1.55 bits per heavy atom. The third kappa shape index (κ3) is 4.89. The highest BCUT2D eigenvalue weighted by Gasteiger charge is 2.18. The smallest absolute Gasteiger partial charge is 0.338 e. The van der Waals surface area contributed by atoms with Gasteiger partial charge in [0.15, 0.2) is 5.78 Å². The molecule has 0 aliphatic heterocycles. The number of hydrogen-bond donors (Lipinski definition) is 1. The molecule has 0 fully saturated rings. The standard InChI is InChI=1S/C23H18ClNO4/c1-2-29-23(28)16-6-5-7-18(14-16)25-22(27)20-9-4-3-8-19(20)21(26)15-10-12-17(24)13-11-15/h3-14H,2H2,1H3,(H,25,27). The van der Waals surface area contributed by atoms with Crippen LogP contribution in [0.15, 0.2) is 72.8 Å². The van der Waals surface area contributed by atoms with Gasteiger partial charge in [-0.15, -0.1) is 0 Å². The van der Waals surface area contributed by atoms with Gasteiger partial charge >= 0.3 is 5.97 Å². The lowest BCUT2D eigenvalue weighted by Gasteiger charge is -2.11. The van der Waals surface area contributed by atoms with Crippen molar-refractivity contribution in [1.29, 1.82) is 0 Å². The molecule has 0 radical (unpaired) electrons. The van der Waals surface area contributed by atoms with Crippen LogP contribution in [0.25, 0.3) is 0 Å². The number of carbonyl (C=O) groups excluding carboxylic acids is 3. The lowest BCUT2D eigenvalue weighted by atomic mass is 9.98. The van der Waals surface area contributed by atoms with E-state index in [4.69, 9.17) is 16.3 Å². The van der Waals surface area contributed by atoms with E-state index in [-0.39, 0.29) is 23.5 Å². The highest BCUT2D eigenvalue weighted by atomic mass is 35.5. The number of nitrogens with one attached hydrogen (secondary N) is 1. The Hall–Kier alpha value is -3.44. The third-order valence-electron chi connectivity index (χ3n) is 4.15. The molecule has 3 aromatic rings. The molecule has 0 aliphatic carbocycles. The fraction of sp³-hybridized carbons (Fsp3) is 0.0870. The average molecular weight is 408 g/mol. The zero-order valence-electron chi connectivity index (χ0n) is 15.6. The van der Waals surface area contributed by atoms with Crippen LogP contribution in [0.5, 0.6) is 0 Å². The number of halogens is 1. The SMILES string of the molecule is CCOC(=O)c1cccc(NC(=O)c2ccccc2C(=O)c2ccc(Cl)cc2)c1. The van der Waals surface area contributed by atoms with Crippen LogP contribution in [0.4, 0.5) is 5.69 Å². The zero-order chi connectivity index (χ0) is 20.8. The first kappa shape index (κ1) is 20.3. The fourth-order valence-electron chi connectivity index (χ4n) is 2.77. The fourth-order valence-corrected chi connectivity index (χ4v) is 2.90. The van der Waals surface area contributed by atoms with E-state index in [0.29, 0.717) is 21.8 Å². The summed E-state index contributed by atoms with van der Waals surface area (Å²) in [5.41, 5.74) is 1.69. The van der Waals surface area contributed by atoms with Crippen LogP contribution in [0, 0.1) is 0 Å². The lowest BCUT2D eigenvalue weighted by Crippen LogP contribution is -2.17. The van der Waals surface area contributed by atoms with E-state index in [0.717, 1.165) is 0 Å². The highest BCUT2D eigenvalue weighted by Crippen LogP contribution is 2.19. The van der Waals surface area contributed by atoms with Gasteiger partial charge in [0.25, 0.3) is 5.91 Å². The third-order valence-corrected chi connectivity index (χ3v) is 4.41. The van der Waals surface area contributed by atoms with Crippen LogP contribution in [-0.4, -0.2) is 24.3 Å². The molecule has 1 amide bonds. The number of anilines is 1. The summed E-state index contributed by atoms with van der Waals surface area (Å²) in [5.74, 6) is -1.21. The van der Waals surface area contributed by atoms with Gasteiger partial charge in [0.2, 0.25) is 0 Å². The van der Waals surface area contributed by atoms with Crippen molar-refractivity contribution in [2.24, 2.45) is 0 Å². The molecule has 1 N–H and O–H groups in total. The van der Waals surface area contributed by atoms with Crippen LogP contribution in [0.1, 0.15) is 43.6 Å². The first-order valence-electron chi connectivity index (χ1n) is 8.97. The van der Waals surface area contributed by atoms with Crippen LogP contribution in [0.3, 0.4) is 0 Å². The predicted molar refractivity (Wildman–Crippen MR) is 112 cm³/mol. The van der Waals surface area contributed by atoms with E-state index < -0.39 is 11.9 Å². The molecule has 0 aromatic heterocycles. The number of ketones is 1. The quantitative estimate of drug-likeness (QED) is 0.461. The number of benzene rings is 3. The molecule has 5 nitrogen and oxygen atoms in total. The van der Waals surface area contributed by atoms with Gasteiger partial charge in [-0.3, -0.25) is 9.59 Å². The maximum atomic E-state index is 12.9. The molecule has 0 unspecified atom stereocenters. The van der Waals surface area contributed by atoms with E-state index in [9.17, 15) is 14.4 Å². The molecule has 0 heterocycles. The summed E-state index contributed by atoms with van der Waals surface area (Å²) in [7, 11) is 0. The van der Waals surface area contributed by atoms with Gasteiger partial charge in [-0.05, 0) is 55.5 Å². The second kappa shape index (κ2) is 9.17. The Morgan fingerprint density at radius 3 is 2.24 bits per heavy atom. The van der Waals surface area contributed by atoms with Gasteiger partial charge in [-0.1, -0.05) is 35.9 Å². The zero-order valence-corrected chi connectivity index (χ0v) is 16.4. The van der Waals surface area contributed by atoms with Gasteiger partial charge in [0, 0.05) is 21.8 Å². The number of rotatable bonds is 6. The summed E-state index contributed by atoms with van der Waals surface area (Å²) in [6.07, 6.45) is 0. The van der Waals surface area contributed by atoms with Crippen molar-refractivity contribution in [1.82, 2.24) is 0 Å². The summed E-state index contributed by atoms with van der Waals surface area (Å²) in [6.45, 7) is 1.98. The topological polar surface area (TPSA) is 72.5 Å². The molecule has 0 aliphatic rings. The van der Waals surface area contributed by atoms with Gasteiger partial charge in [-0.2, -0.15) is 0 Å². The molecule has 0 saturated carbocycles. The van der Waals surface area contributed by atoms with Crippen molar-refractivity contribution in [2.45, 2.75) is 6.92 Å². The summed E-state index contributed by atoms with van der Waals surface area (Å²) in [4.78, 5) is 37.6. The van der Waals surface area contributed by atoms with Crippen molar-refractivity contribution < 1.29 is 19.1 Å². The summed E-state index contributed by atoms with van der Waals surface area (Å²) in [6, 6.07) is 19.5. The summed E-state index contributed by atoms with van der Waals surface area (Å²) >= 11 is 5.88. The van der Waals surface area contributed by atoms with Gasteiger partial charge in [-0.25, -0.2) is 4.79 Å². The van der Waals surface area contributed by atoms with Crippen LogP contribution in [0.2, 0.25) is 5.02 Å². The number of carbonyl (C=O) groups is 3. The molecule has 3 aromatic carbocycles. The van der Waals surface area contributed by atoms with Gasteiger partial charge < -0.3 is 10.1 Å². The summed E-state index contributed by atoms with van der Waals surface area (Å²) < 4.78 is 4.97. The Labute approximate surface area is 173 Å². The van der Waals surface area contributed by atoms with Crippen molar-refractivity contribution in [3.05, 3.63) is 100 Å². The molecular formula is C23H18ClNO4. The Kier molecular flexibility index (Phi) is 6.42. The van der Waals surface area contributed by atoms with Crippen molar-refractivity contribution in [3.8, 4) is 0 Å². The largest absolute Gasteiger partial charge is 0.462 e. The predicted octanol–water partition coefficient (Wildman–Crippen LogP) is 5.00. The normalized spacial score (nSPS) is 10.3. The van der Waals surface area contributed by atoms with Gasteiger partial charge in [0.05, 0.1) is 17.7 Å². The summed E-state index contributed by atoms with van der Waals surface area (Å²) in [5, 5.41) is 3.25. The first-order valence-corrected chi connectivity index (χ1v) is 9.35. The molecule has 146 valence electrons. The molecule has 0 bridgehead atoms. The minimum atomic E-state index is -0.470. The van der Waals surface area contributed by atoms with Crippen molar-refractivity contribution in [2.75, 3.05) is 11.9 Å². The van der Waals surface area contributed by atoms with E-state index in [1.807, 2.05) is 0 Å². The number of hydrogen-bond acceptors (Lipinski definition) is 4. The molecule has 29 heavy (non-hydrogen) atoms. The Morgan fingerprint density at radius 1 is 0.862 bits per heavy atom. The highest BCUT2D eigenvalue weighted by molar-refractivity contribution is 6.30. The molecular weight excluding hydrogens is 390 g/mol. The van der Waals surface area contributed by atoms with Crippen molar-refractivity contribution in [3.63, 3.8) is 0 Å². The number of amides is 1. The van der Waals surface area contributed by atoms with E-state index >= 15 is 0 Å². The minimum absolute atomic E-state index is 0.231. The van der Waals surface area contributed by atoms with Crippen LogP contribution >= 0.6 is 11.6 Å². The number of ether oxygens (including phenoxy) is 1. The molecule has 0 spiro atoms. The van der Waals surface area contributed by atoms with Gasteiger partial charge in [0.1, 0.15) is 0 Å². The number of esters is 1. The Bertz CT molecular complexity index is 1060. The second-order valence-electron chi connectivity index (χ2n) is 6.14. The maximum absolute atomic E-state index is 12.9. The lowest BCUT2D eigenvalue weighted by molar-refractivity contribution is 0.0526. The van der Waals surface area contributed by atoms with E-state index in [2.05, 4.69) is 5.32 Å². The second-order valence-corrected chi connectivity index (χ2v) is 6.57.